The number of likely N-dealkylation sites (tertiary alicyclic amines) is 1. The molecule has 0 spiro atoms. The van der Waals surface area contributed by atoms with Gasteiger partial charge in [-0.3, -0.25) is 9.78 Å². The minimum atomic E-state index is -0.593. The van der Waals surface area contributed by atoms with Crippen molar-refractivity contribution >= 4 is 17.5 Å². The molecule has 1 aliphatic heterocycles. The summed E-state index contributed by atoms with van der Waals surface area (Å²) in [7, 11) is 0. The third-order valence-corrected chi connectivity index (χ3v) is 4.26. The van der Waals surface area contributed by atoms with E-state index in [-0.39, 0.29) is 22.6 Å². The zero-order valence-corrected chi connectivity index (χ0v) is 13.9. The van der Waals surface area contributed by atoms with Crippen molar-refractivity contribution in [1.82, 2.24) is 9.88 Å². The maximum absolute atomic E-state index is 14.0. The lowest BCUT2D eigenvalue weighted by atomic mass is 10.1. The van der Waals surface area contributed by atoms with E-state index in [9.17, 15) is 9.18 Å². The highest BCUT2D eigenvalue weighted by Gasteiger charge is 2.26. The van der Waals surface area contributed by atoms with E-state index in [0.29, 0.717) is 19.7 Å². The van der Waals surface area contributed by atoms with Gasteiger partial charge in [0.05, 0.1) is 24.0 Å². The Morgan fingerprint density at radius 2 is 2.25 bits per heavy atom. The summed E-state index contributed by atoms with van der Waals surface area (Å²) in [6.07, 6.45) is 3.35. The fourth-order valence-electron chi connectivity index (χ4n) is 2.78. The Bertz CT molecular complexity index is 711. The molecule has 24 heavy (non-hydrogen) atoms. The molecule has 1 aromatic heterocycles. The summed E-state index contributed by atoms with van der Waals surface area (Å²) in [5, 5.41) is 0.277. The molecule has 0 saturated carbocycles. The Kier molecular flexibility index (Phi) is 5.43. The van der Waals surface area contributed by atoms with Crippen LogP contribution in [0.5, 0.6) is 0 Å². The number of nitrogens with zero attached hydrogens (tertiary/aromatic N) is 2. The third kappa shape index (κ3) is 4.10. The molecular weight excluding hydrogens is 331 g/mol. The topological polar surface area (TPSA) is 42.4 Å². The molecule has 2 aromatic rings. The highest BCUT2D eigenvalue weighted by molar-refractivity contribution is 6.30. The van der Waals surface area contributed by atoms with Crippen molar-refractivity contribution in [2.24, 2.45) is 0 Å². The molecule has 1 aromatic carbocycles. The van der Waals surface area contributed by atoms with Crippen LogP contribution in [0.2, 0.25) is 5.02 Å². The summed E-state index contributed by atoms with van der Waals surface area (Å²) in [5.74, 6) is -0.917. The quantitative estimate of drug-likeness (QED) is 0.846. The first-order valence-electron chi connectivity index (χ1n) is 7.89. The van der Waals surface area contributed by atoms with Crippen LogP contribution in [0.3, 0.4) is 0 Å². The molecule has 126 valence electrons. The van der Waals surface area contributed by atoms with Gasteiger partial charge in [-0.1, -0.05) is 17.7 Å². The van der Waals surface area contributed by atoms with E-state index in [1.165, 1.54) is 12.1 Å². The largest absolute Gasteiger partial charge is 0.370 e. The van der Waals surface area contributed by atoms with Gasteiger partial charge in [0.15, 0.2) is 0 Å². The molecule has 0 aliphatic carbocycles. The Morgan fingerprint density at radius 3 is 3.00 bits per heavy atom. The molecule has 0 N–H and O–H groups in total. The van der Waals surface area contributed by atoms with E-state index in [0.717, 1.165) is 24.6 Å². The maximum Gasteiger partial charge on any atom is 0.256 e. The second-order valence-corrected chi connectivity index (χ2v) is 6.21. The molecule has 1 fully saturated rings. The first-order chi connectivity index (χ1) is 11.6. The number of benzene rings is 1. The fourth-order valence-corrected chi connectivity index (χ4v) is 2.94. The van der Waals surface area contributed by atoms with Crippen molar-refractivity contribution in [3.8, 4) is 0 Å². The van der Waals surface area contributed by atoms with E-state index >= 15 is 0 Å². The molecule has 0 radical (unpaired) electrons. The van der Waals surface area contributed by atoms with Gasteiger partial charge in [0.1, 0.15) is 5.82 Å². The molecule has 0 bridgehead atoms. The maximum atomic E-state index is 14.0. The molecule has 4 nitrogen and oxygen atoms in total. The van der Waals surface area contributed by atoms with Crippen molar-refractivity contribution in [2.75, 3.05) is 13.1 Å². The van der Waals surface area contributed by atoms with Gasteiger partial charge in [-0.25, -0.2) is 4.39 Å². The number of carbonyl (C=O) groups excluding carboxylic acids is 1. The standard InChI is InChI=1S/C18H18ClFN2O2/c19-13-6-7-16(17(20)10-13)18(23)22-9-3-5-15(11-22)24-12-14-4-1-2-8-21-14/h1-2,4,6-8,10,15H,3,5,9,11-12H2/t15-/m1/s1. The number of hydrogen-bond acceptors (Lipinski definition) is 3. The Morgan fingerprint density at radius 1 is 1.38 bits per heavy atom. The molecular formula is C18H18ClFN2O2. The number of aromatic nitrogens is 1. The number of carbonyl (C=O) groups is 1. The number of halogens is 2. The molecule has 6 heteroatoms. The van der Waals surface area contributed by atoms with Crippen LogP contribution < -0.4 is 0 Å². The lowest BCUT2D eigenvalue weighted by molar-refractivity contribution is -0.00797. The second-order valence-electron chi connectivity index (χ2n) is 5.77. The number of rotatable bonds is 4. The van der Waals surface area contributed by atoms with Gasteiger partial charge in [0, 0.05) is 24.3 Å². The highest BCUT2D eigenvalue weighted by atomic mass is 35.5. The van der Waals surface area contributed by atoms with Gasteiger partial charge in [0.2, 0.25) is 0 Å². The molecule has 1 saturated heterocycles. The van der Waals surface area contributed by atoms with Crippen LogP contribution in [0, 0.1) is 5.82 Å². The van der Waals surface area contributed by atoms with Gasteiger partial charge in [-0.2, -0.15) is 0 Å². The van der Waals surface area contributed by atoms with Crippen LogP contribution in [0.4, 0.5) is 4.39 Å². The second kappa shape index (κ2) is 7.73. The van der Waals surface area contributed by atoms with Crippen molar-refractivity contribution in [3.05, 3.63) is 64.7 Å². The van der Waals surface area contributed by atoms with Gasteiger partial charge in [0.25, 0.3) is 5.91 Å². The molecule has 3 rings (SSSR count). The van der Waals surface area contributed by atoms with Crippen LogP contribution in [0.15, 0.2) is 42.6 Å². The minimum Gasteiger partial charge on any atom is -0.370 e. The first kappa shape index (κ1) is 16.9. The van der Waals surface area contributed by atoms with E-state index in [1.807, 2.05) is 18.2 Å². The fraction of sp³-hybridized carbons (Fsp3) is 0.333. The summed E-state index contributed by atoms with van der Waals surface area (Å²) >= 11 is 5.74. The van der Waals surface area contributed by atoms with Crippen LogP contribution >= 0.6 is 11.6 Å². The average molecular weight is 349 g/mol. The third-order valence-electron chi connectivity index (χ3n) is 4.02. The number of hydrogen-bond donors (Lipinski definition) is 0. The Balaban J connectivity index is 1.61. The molecule has 0 unspecified atom stereocenters. The molecule has 1 amide bonds. The normalized spacial score (nSPS) is 17.8. The molecule has 1 atom stereocenters. The van der Waals surface area contributed by atoms with Gasteiger partial charge < -0.3 is 9.64 Å². The molecule has 2 heterocycles. The zero-order valence-electron chi connectivity index (χ0n) is 13.1. The van der Waals surface area contributed by atoms with Crippen molar-refractivity contribution in [2.45, 2.75) is 25.6 Å². The Labute approximate surface area is 145 Å². The van der Waals surface area contributed by atoms with Gasteiger partial charge >= 0.3 is 0 Å². The number of amides is 1. The van der Waals surface area contributed by atoms with E-state index in [2.05, 4.69) is 4.98 Å². The first-order valence-corrected chi connectivity index (χ1v) is 8.27. The van der Waals surface area contributed by atoms with Crippen LogP contribution in [0.1, 0.15) is 28.9 Å². The Hall–Kier alpha value is -1.98. The minimum absolute atomic E-state index is 0.0461. The average Bonchev–Trinajstić information content (AvgIpc) is 2.61. The lowest BCUT2D eigenvalue weighted by Crippen LogP contribution is -2.43. The smallest absolute Gasteiger partial charge is 0.256 e. The summed E-state index contributed by atoms with van der Waals surface area (Å²) in [6, 6.07) is 9.77. The summed E-state index contributed by atoms with van der Waals surface area (Å²) in [4.78, 5) is 18.4. The van der Waals surface area contributed by atoms with Crippen LogP contribution in [-0.2, 0) is 11.3 Å². The number of piperidine rings is 1. The van der Waals surface area contributed by atoms with Crippen LogP contribution in [-0.4, -0.2) is 35.0 Å². The van der Waals surface area contributed by atoms with E-state index < -0.39 is 5.82 Å². The summed E-state index contributed by atoms with van der Waals surface area (Å²) in [5.41, 5.74) is 0.898. The van der Waals surface area contributed by atoms with Crippen molar-refractivity contribution in [1.29, 1.82) is 0 Å². The van der Waals surface area contributed by atoms with E-state index in [1.54, 1.807) is 11.1 Å². The number of pyridine rings is 1. The zero-order chi connectivity index (χ0) is 16.9. The highest BCUT2D eigenvalue weighted by Crippen LogP contribution is 2.20. The van der Waals surface area contributed by atoms with Crippen LogP contribution in [0.25, 0.3) is 0 Å². The predicted octanol–water partition coefficient (Wildman–Crippen LogP) is 3.70. The van der Waals surface area contributed by atoms with Crippen molar-refractivity contribution < 1.29 is 13.9 Å². The predicted molar refractivity (Wildman–Crippen MR) is 89.4 cm³/mol. The van der Waals surface area contributed by atoms with Gasteiger partial charge in [-0.15, -0.1) is 0 Å². The summed E-state index contributed by atoms with van der Waals surface area (Å²) in [6.45, 7) is 1.46. The van der Waals surface area contributed by atoms with Crippen molar-refractivity contribution in [3.63, 3.8) is 0 Å². The van der Waals surface area contributed by atoms with Gasteiger partial charge in [-0.05, 0) is 43.2 Å². The monoisotopic (exact) mass is 348 g/mol. The SMILES string of the molecule is O=C(c1ccc(Cl)cc1F)N1CCC[C@@H](OCc2ccccn2)C1. The number of ether oxygens (including phenoxy) is 1. The molecule has 1 aliphatic rings. The lowest BCUT2D eigenvalue weighted by Gasteiger charge is -2.32. The van der Waals surface area contributed by atoms with E-state index in [4.69, 9.17) is 16.3 Å². The summed E-state index contributed by atoms with van der Waals surface area (Å²) < 4.78 is 19.8.